The quantitative estimate of drug-likeness (QED) is 0.273. The van der Waals surface area contributed by atoms with Crippen molar-refractivity contribution < 1.29 is 19.0 Å². The molecule has 0 spiro atoms. The topological polar surface area (TPSA) is 93.2 Å². The lowest BCUT2D eigenvalue weighted by Crippen LogP contribution is -2.45. The maximum Gasteiger partial charge on any atom is 0.407 e. The molecule has 1 aliphatic heterocycles. The lowest BCUT2D eigenvalue weighted by atomic mass is 10.1. The number of hydrogen-bond donors (Lipinski definition) is 3. The van der Waals surface area contributed by atoms with Crippen molar-refractivity contribution in [3.63, 3.8) is 0 Å². The van der Waals surface area contributed by atoms with Crippen molar-refractivity contribution in [3.8, 4) is 0 Å². The Labute approximate surface area is 176 Å². The molecule has 0 aromatic rings. The van der Waals surface area contributed by atoms with Gasteiger partial charge in [0.25, 0.3) is 0 Å². The average molecular weight is 415 g/mol. The molecule has 3 N–H and O–H groups in total. The number of amides is 1. The molecule has 2 unspecified atom stereocenters. The van der Waals surface area contributed by atoms with Crippen LogP contribution in [0.15, 0.2) is 4.99 Å². The summed E-state index contributed by atoms with van der Waals surface area (Å²) in [7, 11) is 0. The molecular weight excluding hydrogens is 372 g/mol. The Balaban J connectivity index is 2.36. The van der Waals surface area contributed by atoms with Crippen molar-refractivity contribution in [2.75, 3.05) is 39.5 Å². The van der Waals surface area contributed by atoms with Crippen LogP contribution >= 0.6 is 0 Å². The Morgan fingerprint density at radius 2 is 2.03 bits per heavy atom. The van der Waals surface area contributed by atoms with Gasteiger partial charge in [-0.2, -0.15) is 0 Å². The van der Waals surface area contributed by atoms with Gasteiger partial charge in [-0.25, -0.2) is 4.79 Å². The summed E-state index contributed by atoms with van der Waals surface area (Å²) in [5.74, 6) is 0.976. The van der Waals surface area contributed by atoms with Crippen LogP contribution in [-0.2, 0) is 14.2 Å². The number of nitrogens with one attached hydrogen (secondary N) is 3. The molecule has 0 aromatic heterocycles. The van der Waals surface area contributed by atoms with Gasteiger partial charge in [-0.1, -0.05) is 13.8 Å². The molecule has 8 heteroatoms. The number of rotatable bonds is 11. The third kappa shape index (κ3) is 12.6. The number of nitrogens with zero attached hydrogens (tertiary/aromatic N) is 1. The molecule has 1 rings (SSSR count). The van der Waals surface area contributed by atoms with E-state index in [1.54, 1.807) is 0 Å². The average Bonchev–Trinajstić information content (AvgIpc) is 3.12. The van der Waals surface area contributed by atoms with E-state index < -0.39 is 11.7 Å². The number of carbonyl (C=O) groups is 1. The van der Waals surface area contributed by atoms with Gasteiger partial charge in [0.2, 0.25) is 0 Å². The third-order valence-corrected chi connectivity index (χ3v) is 4.38. The molecular formula is C21H42N4O4. The molecule has 0 aliphatic carbocycles. The third-order valence-electron chi connectivity index (χ3n) is 4.38. The van der Waals surface area contributed by atoms with Crippen molar-refractivity contribution in [1.29, 1.82) is 0 Å². The molecule has 29 heavy (non-hydrogen) atoms. The molecule has 8 nitrogen and oxygen atoms in total. The van der Waals surface area contributed by atoms with Gasteiger partial charge >= 0.3 is 6.09 Å². The lowest BCUT2D eigenvalue weighted by molar-refractivity contribution is 0.0168. The number of carbonyl (C=O) groups excluding carboxylic acids is 1. The predicted molar refractivity (Wildman–Crippen MR) is 116 cm³/mol. The fraction of sp³-hybridized carbons (Fsp3) is 0.905. The fourth-order valence-electron chi connectivity index (χ4n) is 2.79. The Kier molecular flexibility index (Phi) is 12.0. The molecule has 1 fully saturated rings. The van der Waals surface area contributed by atoms with E-state index in [1.165, 1.54) is 0 Å². The molecule has 1 amide bonds. The number of hydrogen-bond acceptors (Lipinski definition) is 5. The zero-order chi connectivity index (χ0) is 21.7. The number of alkyl carbamates (subject to hydrolysis) is 1. The second kappa shape index (κ2) is 13.6. The van der Waals surface area contributed by atoms with Crippen LogP contribution in [0.25, 0.3) is 0 Å². The van der Waals surface area contributed by atoms with Crippen LogP contribution in [0.4, 0.5) is 4.79 Å². The second-order valence-electron chi connectivity index (χ2n) is 8.71. The van der Waals surface area contributed by atoms with Crippen molar-refractivity contribution in [1.82, 2.24) is 16.0 Å². The highest BCUT2D eigenvalue weighted by atomic mass is 16.6. The molecule has 0 radical (unpaired) electrons. The van der Waals surface area contributed by atoms with Gasteiger partial charge in [0.1, 0.15) is 5.60 Å². The van der Waals surface area contributed by atoms with Crippen molar-refractivity contribution in [2.24, 2.45) is 10.9 Å². The van der Waals surface area contributed by atoms with Crippen LogP contribution in [0.3, 0.4) is 0 Å². The maximum absolute atomic E-state index is 12.1. The largest absolute Gasteiger partial charge is 0.444 e. The lowest BCUT2D eigenvalue weighted by Gasteiger charge is -2.25. The van der Waals surface area contributed by atoms with Gasteiger partial charge in [0.05, 0.1) is 25.3 Å². The first kappa shape index (κ1) is 25.5. The monoisotopic (exact) mass is 414 g/mol. The highest BCUT2D eigenvalue weighted by molar-refractivity contribution is 5.79. The first-order valence-electron chi connectivity index (χ1n) is 10.9. The van der Waals surface area contributed by atoms with E-state index in [2.05, 4.69) is 34.8 Å². The van der Waals surface area contributed by atoms with Crippen LogP contribution in [0, 0.1) is 5.92 Å². The zero-order valence-corrected chi connectivity index (χ0v) is 19.2. The summed E-state index contributed by atoms with van der Waals surface area (Å²) in [5, 5.41) is 9.48. The van der Waals surface area contributed by atoms with E-state index in [9.17, 15) is 4.79 Å². The first-order chi connectivity index (χ1) is 13.7. The molecule has 1 heterocycles. The van der Waals surface area contributed by atoms with E-state index >= 15 is 0 Å². The van der Waals surface area contributed by atoms with Gasteiger partial charge < -0.3 is 30.2 Å². The van der Waals surface area contributed by atoms with E-state index in [-0.39, 0.29) is 18.1 Å². The maximum atomic E-state index is 12.1. The van der Waals surface area contributed by atoms with E-state index in [1.807, 2.05) is 27.7 Å². The van der Waals surface area contributed by atoms with Crippen molar-refractivity contribution in [3.05, 3.63) is 0 Å². The fourth-order valence-corrected chi connectivity index (χ4v) is 2.79. The molecule has 0 saturated carbocycles. The summed E-state index contributed by atoms with van der Waals surface area (Å²) in [6.45, 7) is 16.0. The van der Waals surface area contributed by atoms with Gasteiger partial charge in [0, 0.05) is 26.3 Å². The summed E-state index contributed by atoms with van der Waals surface area (Å²) >= 11 is 0. The van der Waals surface area contributed by atoms with Crippen LogP contribution in [0.2, 0.25) is 0 Å². The minimum absolute atomic E-state index is 0.102. The summed E-state index contributed by atoms with van der Waals surface area (Å²) in [5.41, 5.74) is -0.517. The normalized spacial score (nSPS) is 18.6. The van der Waals surface area contributed by atoms with Crippen molar-refractivity contribution in [2.45, 2.75) is 78.6 Å². The van der Waals surface area contributed by atoms with Crippen LogP contribution in [0.5, 0.6) is 0 Å². The predicted octanol–water partition coefficient (Wildman–Crippen LogP) is 2.68. The molecule has 0 bridgehead atoms. The summed E-state index contributed by atoms with van der Waals surface area (Å²) in [4.78, 5) is 16.7. The minimum Gasteiger partial charge on any atom is -0.444 e. The standard InChI is InChI=1S/C21H42N4O4/c1-7-22-19(23-11-9-12-27-15-17-10-8-13-28-17)24-14-18(16(2)3)25-20(26)29-21(4,5)6/h16-18H,7-15H2,1-6H3,(H,25,26)(H2,22,23,24). The van der Waals surface area contributed by atoms with Gasteiger partial charge in [0.15, 0.2) is 5.96 Å². The van der Waals surface area contributed by atoms with E-state index in [0.717, 1.165) is 44.9 Å². The highest BCUT2D eigenvalue weighted by Crippen LogP contribution is 2.12. The van der Waals surface area contributed by atoms with Crippen LogP contribution in [0.1, 0.15) is 60.8 Å². The van der Waals surface area contributed by atoms with E-state index in [4.69, 9.17) is 14.2 Å². The van der Waals surface area contributed by atoms with Crippen LogP contribution < -0.4 is 16.0 Å². The summed E-state index contributed by atoms with van der Waals surface area (Å²) < 4.78 is 16.6. The summed E-state index contributed by atoms with van der Waals surface area (Å²) in [6.07, 6.45) is 2.99. The SMILES string of the molecule is CCNC(=NCC(NC(=O)OC(C)(C)C)C(C)C)NCCCOCC1CCCO1. The first-order valence-corrected chi connectivity index (χ1v) is 10.9. The van der Waals surface area contributed by atoms with E-state index in [0.29, 0.717) is 19.8 Å². The molecule has 1 aliphatic rings. The smallest absolute Gasteiger partial charge is 0.407 e. The van der Waals surface area contributed by atoms with Gasteiger partial charge in [-0.15, -0.1) is 0 Å². The number of ether oxygens (including phenoxy) is 3. The van der Waals surface area contributed by atoms with Gasteiger partial charge in [-0.05, 0) is 52.9 Å². The number of guanidine groups is 1. The Hall–Kier alpha value is -1.54. The summed E-state index contributed by atoms with van der Waals surface area (Å²) in [6, 6.07) is -0.102. The minimum atomic E-state index is -0.517. The van der Waals surface area contributed by atoms with Crippen molar-refractivity contribution >= 4 is 12.1 Å². The van der Waals surface area contributed by atoms with Gasteiger partial charge in [-0.3, -0.25) is 4.99 Å². The zero-order valence-electron chi connectivity index (χ0n) is 19.2. The molecule has 170 valence electrons. The molecule has 1 saturated heterocycles. The van der Waals surface area contributed by atoms with Crippen LogP contribution in [-0.4, -0.2) is 69.3 Å². The Morgan fingerprint density at radius 3 is 2.62 bits per heavy atom. The molecule has 0 aromatic carbocycles. The Morgan fingerprint density at radius 1 is 1.28 bits per heavy atom. The second-order valence-corrected chi connectivity index (χ2v) is 8.71. The molecule has 2 atom stereocenters. The highest BCUT2D eigenvalue weighted by Gasteiger charge is 2.21. The Bertz CT molecular complexity index is 486. The number of aliphatic imine (C=N–C) groups is 1.